The van der Waals surface area contributed by atoms with Crippen molar-refractivity contribution in [1.29, 1.82) is 0 Å². The molecule has 0 saturated carbocycles. The fraction of sp³-hybridized carbons (Fsp3) is 0.357. The molecule has 112 valence electrons. The summed E-state index contributed by atoms with van der Waals surface area (Å²) in [7, 11) is 0. The largest absolute Gasteiger partial charge is 0.392 e. The van der Waals surface area contributed by atoms with Crippen LogP contribution in [0.5, 0.6) is 0 Å². The maximum absolute atomic E-state index is 11.0. The summed E-state index contributed by atoms with van der Waals surface area (Å²) in [5.74, 6) is 0. The number of aliphatic hydroxyl groups excluding tert-OH is 1. The Hall–Kier alpha value is -1.99. The Labute approximate surface area is 126 Å². The standard InChI is InChI=1S/C14H17N3O3S/c1-2-11-8-16-14(21-11)5-6-15-12-7-10(9-18)3-4-13(12)17(19)20/h3-4,7-8,15,18H,2,5-6,9H2,1H3. The van der Waals surface area contributed by atoms with Crippen molar-refractivity contribution in [1.82, 2.24) is 4.98 Å². The van der Waals surface area contributed by atoms with E-state index in [2.05, 4.69) is 17.2 Å². The van der Waals surface area contributed by atoms with Gasteiger partial charge in [0.25, 0.3) is 5.69 Å². The first-order valence-corrected chi connectivity index (χ1v) is 7.51. The lowest BCUT2D eigenvalue weighted by atomic mass is 10.2. The highest BCUT2D eigenvalue weighted by molar-refractivity contribution is 7.11. The monoisotopic (exact) mass is 307 g/mol. The molecule has 0 bridgehead atoms. The van der Waals surface area contributed by atoms with Crippen molar-refractivity contribution >= 4 is 22.7 Å². The molecule has 1 aromatic heterocycles. The molecular formula is C14H17N3O3S. The van der Waals surface area contributed by atoms with Crippen LogP contribution in [0.3, 0.4) is 0 Å². The van der Waals surface area contributed by atoms with Gasteiger partial charge in [0, 0.05) is 30.1 Å². The van der Waals surface area contributed by atoms with E-state index >= 15 is 0 Å². The molecule has 0 aliphatic rings. The zero-order valence-electron chi connectivity index (χ0n) is 11.7. The van der Waals surface area contributed by atoms with Gasteiger partial charge < -0.3 is 10.4 Å². The van der Waals surface area contributed by atoms with Crippen LogP contribution in [0.4, 0.5) is 11.4 Å². The summed E-state index contributed by atoms with van der Waals surface area (Å²) in [6.45, 7) is 2.50. The van der Waals surface area contributed by atoms with E-state index in [1.807, 2.05) is 6.20 Å². The van der Waals surface area contributed by atoms with Crippen molar-refractivity contribution < 1.29 is 10.0 Å². The minimum Gasteiger partial charge on any atom is -0.392 e. The number of aromatic nitrogens is 1. The summed E-state index contributed by atoms with van der Waals surface area (Å²) >= 11 is 1.66. The molecular weight excluding hydrogens is 290 g/mol. The molecule has 2 rings (SSSR count). The number of hydrogen-bond acceptors (Lipinski definition) is 6. The Balaban J connectivity index is 2.02. The Bertz CT molecular complexity index is 628. The summed E-state index contributed by atoms with van der Waals surface area (Å²) in [5.41, 5.74) is 1.09. The van der Waals surface area contributed by atoms with E-state index < -0.39 is 4.92 Å². The molecule has 0 saturated heterocycles. The number of hydrogen-bond donors (Lipinski definition) is 2. The van der Waals surface area contributed by atoms with E-state index in [1.165, 1.54) is 10.9 Å². The third-order valence-corrected chi connectivity index (χ3v) is 4.25. The molecule has 1 aromatic carbocycles. The first-order chi connectivity index (χ1) is 10.1. The van der Waals surface area contributed by atoms with Crippen LogP contribution in [0.2, 0.25) is 0 Å². The SMILES string of the molecule is CCc1cnc(CCNc2cc(CO)ccc2[N+](=O)[O-])s1. The summed E-state index contributed by atoms with van der Waals surface area (Å²) < 4.78 is 0. The molecule has 0 amide bonds. The van der Waals surface area contributed by atoms with Crippen molar-refractivity contribution in [3.8, 4) is 0 Å². The van der Waals surface area contributed by atoms with Crippen molar-refractivity contribution in [3.05, 3.63) is 50.0 Å². The van der Waals surface area contributed by atoms with Gasteiger partial charge in [-0.2, -0.15) is 0 Å². The van der Waals surface area contributed by atoms with Crippen molar-refractivity contribution in [2.75, 3.05) is 11.9 Å². The minimum atomic E-state index is -0.429. The van der Waals surface area contributed by atoms with E-state index in [9.17, 15) is 10.1 Å². The highest BCUT2D eigenvalue weighted by atomic mass is 32.1. The Morgan fingerprint density at radius 2 is 2.29 bits per heavy atom. The van der Waals surface area contributed by atoms with Gasteiger partial charge in [0.1, 0.15) is 5.69 Å². The summed E-state index contributed by atoms with van der Waals surface area (Å²) in [4.78, 5) is 16.1. The van der Waals surface area contributed by atoms with Gasteiger partial charge in [0.15, 0.2) is 0 Å². The lowest BCUT2D eigenvalue weighted by Gasteiger charge is -2.07. The van der Waals surface area contributed by atoms with Gasteiger partial charge >= 0.3 is 0 Å². The van der Waals surface area contributed by atoms with Crippen LogP contribution < -0.4 is 5.32 Å². The second-order valence-electron chi connectivity index (χ2n) is 4.52. The highest BCUT2D eigenvalue weighted by Gasteiger charge is 2.13. The number of nitrogens with one attached hydrogen (secondary N) is 1. The van der Waals surface area contributed by atoms with E-state index in [4.69, 9.17) is 5.11 Å². The van der Waals surface area contributed by atoms with E-state index in [1.54, 1.807) is 23.5 Å². The molecule has 0 aliphatic heterocycles. The van der Waals surface area contributed by atoms with Crippen LogP contribution in [-0.2, 0) is 19.4 Å². The molecule has 6 nitrogen and oxygen atoms in total. The molecule has 0 atom stereocenters. The first-order valence-electron chi connectivity index (χ1n) is 6.69. The third-order valence-electron chi connectivity index (χ3n) is 3.04. The van der Waals surface area contributed by atoms with Gasteiger partial charge in [-0.25, -0.2) is 4.98 Å². The number of anilines is 1. The number of rotatable bonds is 7. The molecule has 0 radical (unpaired) electrons. The Morgan fingerprint density at radius 3 is 2.90 bits per heavy atom. The van der Waals surface area contributed by atoms with Crippen LogP contribution in [0.25, 0.3) is 0 Å². The summed E-state index contributed by atoms with van der Waals surface area (Å²) in [5, 5.41) is 24.2. The van der Waals surface area contributed by atoms with E-state index in [0.29, 0.717) is 24.2 Å². The van der Waals surface area contributed by atoms with Crippen molar-refractivity contribution in [3.63, 3.8) is 0 Å². The van der Waals surface area contributed by atoms with Gasteiger partial charge in [0.05, 0.1) is 16.5 Å². The van der Waals surface area contributed by atoms with Crippen molar-refractivity contribution in [2.45, 2.75) is 26.4 Å². The number of aliphatic hydroxyl groups is 1. The average molecular weight is 307 g/mol. The van der Waals surface area contributed by atoms with Gasteiger partial charge in [-0.05, 0) is 24.1 Å². The predicted octanol–water partition coefficient (Wildman–Crippen LogP) is 2.76. The number of nitrogens with zero attached hydrogens (tertiary/aromatic N) is 2. The lowest BCUT2D eigenvalue weighted by Crippen LogP contribution is -2.07. The third kappa shape index (κ3) is 3.99. The topological polar surface area (TPSA) is 88.3 Å². The average Bonchev–Trinajstić information content (AvgIpc) is 2.95. The smallest absolute Gasteiger partial charge is 0.292 e. The molecule has 21 heavy (non-hydrogen) atoms. The molecule has 0 spiro atoms. The van der Waals surface area contributed by atoms with Crippen LogP contribution >= 0.6 is 11.3 Å². The molecule has 0 aliphatic carbocycles. The number of benzene rings is 1. The summed E-state index contributed by atoms with van der Waals surface area (Å²) in [6, 6.07) is 4.57. The quantitative estimate of drug-likeness (QED) is 0.606. The van der Waals surface area contributed by atoms with Crippen LogP contribution in [0.15, 0.2) is 24.4 Å². The fourth-order valence-corrected chi connectivity index (χ4v) is 2.78. The van der Waals surface area contributed by atoms with E-state index in [0.717, 1.165) is 11.4 Å². The highest BCUT2D eigenvalue weighted by Crippen LogP contribution is 2.25. The Kier molecular flexibility index (Phi) is 5.24. The molecule has 0 unspecified atom stereocenters. The van der Waals surface area contributed by atoms with Crippen LogP contribution in [0.1, 0.15) is 22.4 Å². The minimum absolute atomic E-state index is 0.0144. The van der Waals surface area contributed by atoms with Gasteiger partial charge in [-0.3, -0.25) is 10.1 Å². The Morgan fingerprint density at radius 1 is 1.48 bits per heavy atom. The van der Waals surface area contributed by atoms with Gasteiger partial charge in [-0.1, -0.05) is 6.92 Å². The maximum Gasteiger partial charge on any atom is 0.292 e. The van der Waals surface area contributed by atoms with Gasteiger partial charge in [-0.15, -0.1) is 11.3 Å². The molecule has 1 heterocycles. The normalized spacial score (nSPS) is 10.6. The molecule has 0 fully saturated rings. The molecule has 2 aromatic rings. The van der Waals surface area contributed by atoms with Crippen molar-refractivity contribution in [2.24, 2.45) is 0 Å². The fourth-order valence-electron chi connectivity index (χ4n) is 1.91. The first kappa shape index (κ1) is 15.4. The zero-order valence-corrected chi connectivity index (χ0v) is 12.5. The molecule has 2 N–H and O–H groups in total. The second kappa shape index (κ2) is 7.14. The van der Waals surface area contributed by atoms with Gasteiger partial charge in [0.2, 0.25) is 0 Å². The van der Waals surface area contributed by atoms with Crippen LogP contribution in [-0.4, -0.2) is 21.6 Å². The maximum atomic E-state index is 11.0. The number of aryl methyl sites for hydroxylation is 1. The number of nitro benzene ring substituents is 1. The molecule has 7 heteroatoms. The van der Waals surface area contributed by atoms with Crippen LogP contribution in [0, 0.1) is 10.1 Å². The number of thiazole rings is 1. The second-order valence-corrected chi connectivity index (χ2v) is 5.72. The lowest BCUT2D eigenvalue weighted by molar-refractivity contribution is -0.384. The number of nitro groups is 1. The predicted molar refractivity (Wildman–Crippen MR) is 82.7 cm³/mol. The summed E-state index contributed by atoms with van der Waals surface area (Å²) in [6.07, 6.45) is 3.55. The zero-order chi connectivity index (χ0) is 15.2. The van der Waals surface area contributed by atoms with E-state index in [-0.39, 0.29) is 12.3 Å².